The minimum atomic E-state index is -5.42. The van der Waals surface area contributed by atoms with Crippen molar-refractivity contribution in [2.75, 3.05) is 25.6 Å². The number of phosphoric acid groups is 2. The van der Waals surface area contributed by atoms with Gasteiger partial charge in [0, 0.05) is 19.0 Å². The number of phosphoric ester groups is 2. The summed E-state index contributed by atoms with van der Waals surface area (Å²) in [6.45, 7) is 6.88. The molecule has 1 aromatic rings. The summed E-state index contributed by atoms with van der Waals surface area (Å²) in [7, 11) is -10.8. The van der Waals surface area contributed by atoms with E-state index in [4.69, 9.17) is 29.0 Å². The Hall–Kier alpha value is -2.24. The highest BCUT2D eigenvalue weighted by molar-refractivity contribution is 7.61. The van der Waals surface area contributed by atoms with Crippen LogP contribution in [0.25, 0.3) is 0 Å². The first kappa shape index (κ1) is 67.9. The number of carbonyl (C=O) groups excluding carboxylic acids is 2. The number of aliphatic hydroxyl groups excluding tert-OH is 2. The molecule has 2 heterocycles. The molecule has 1 aliphatic rings. The SMILES string of the molecule is CCC(C)CCCCCCCCCCCCCCCCCCCCC(=O)OC[C@H](COP(=O)(O)OP(=O)(O)OC[C@H]1O[C@@H](n2ccc(N)nc2=O)C(O)[C@H]1O)OC(=O)CCCCCCCCCCCCCC(C)C. The summed E-state index contributed by atoms with van der Waals surface area (Å²) in [5, 5.41) is 20.9. The highest BCUT2D eigenvalue weighted by Crippen LogP contribution is 2.60. The third-order valence-electron chi connectivity index (χ3n) is 13.9. The molecule has 1 saturated heterocycles. The summed E-state index contributed by atoms with van der Waals surface area (Å²) >= 11 is 0. The lowest BCUT2D eigenvalue weighted by Crippen LogP contribution is -2.36. The van der Waals surface area contributed by atoms with Crippen LogP contribution in [0.4, 0.5) is 5.82 Å². The molecule has 0 aliphatic carbocycles. The van der Waals surface area contributed by atoms with Crippen LogP contribution in [0.5, 0.6) is 0 Å². The third-order valence-corrected chi connectivity index (χ3v) is 16.5. The number of ether oxygens (including phenoxy) is 3. The van der Waals surface area contributed by atoms with Gasteiger partial charge in [0.2, 0.25) is 0 Å². The van der Waals surface area contributed by atoms with Gasteiger partial charge >= 0.3 is 33.3 Å². The van der Waals surface area contributed by atoms with E-state index in [-0.39, 0.29) is 18.7 Å². The fourth-order valence-electron chi connectivity index (χ4n) is 9.07. The molecule has 0 amide bonds. The summed E-state index contributed by atoms with van der Waals surface area (Å²) < 4.78 is 57.0. The summed E-state index contributed by atoms with van der Waals surface area (Å²) in [6.07, 6.45) is 31.8. The number of nitrogens with two attached hydrogens (primary N) is 1. The molecule has 1 fully saturated rings. The highest BCUT2D eigenvalue weighted by atomic mass is 31.3. The van der Waals surface area contributed by atoms with Crippen molar-refractivity contribution in [3.63, 3.8) is 0 Å². The second-order valence-electron chi connectivity index (χ2n) is 21.2. The molecule has 0 spiro atoms. The van der Waals surface area contributed by atoms with E-state index < -0.39 is 83.7 Å². The maximum absolute atomic E-state index is 12.9. The standard InChI is InChI=1S/C54H101N3O15P2/c1-5-45(4)36-32-28-24-20-16-12-10-8-6-7-9-11-13-17-21-25-29-33-37-49(58)67-41-46(70-50(59)38-34-30-26-22-18-14-15-19-23-27-31-35-44(2)3)42-68-73(63,64)72-74(65,66)69-43-47-51(60)52(61)53(71-47)57-40-39-48(55)56-54(57)62/h39-40,44-47,51-53,60-61H,5-38,41-43H2,1-4H3,(H,63,64)(H,65,66)(H2,55,56,62)/t45?,46-,47-,51+,52?,53-/m1/s1. The number of aliphatic hydroxyl groups is 2. The van der Waals surface area contributed by atoms with Crippen molar-refractivity contribution in [1.82, 2.24) is 9.55 Å². The van der Waals surface area contributed by atoms with Gasteiger partial charge in [0.15, 0.2) is 12.3 Å². The van der Waals surface area contributed by atoms with Crippen LogP contribution in [0.1, 0.15) is 252 Å². The number of hydrogen-bond donors (Lipinski definition) is 5. The van der Waals surface area contributed by atoms with Crippen molar-refractivity contribution in [1.29, 1.82) is 0 Å². The average Bonchev–Trinajstić information content (AvgIpc) is 3.63. The third kappa shape index (κ3) is 33.8. The molecule has 0 aromatic carbocycles. The van der Waals surface area contributed by atoms with Crippen LogP contribution in [-0.4, -0.2) is 85.7 Å². The molecule has 6 N–H and O–H groups in total. The molecule has 18 nitrogen and oxygen atoms in total. The zero-order chi connectivity index (χ0) is 54.5. The number of esters is 2. The second kappa shape index (κ2) is 40.9. The summed E-state index contributed by atoms with van der Waals surface area (Å²) in [6, 6.07) is 1.25. The number of nitrogen functional groups attached to an aromatic ring is 1. The predicted octanol–water partition coefficient (Wildman–Crippen LogP) is 12.7. The van der Waals surface area contributed by atoms with Crippen molar-refractivity contribution >= 4 is 33.4 Å². The van der Waals surface area contributed by atoms with E-state index in [2.05, 4.69) is 37.0 Å². The Balaban J connectivity index is 1.72. The van der Waals surface area contributed by atoms with Gasteiger partial charge in [0.25, 0.3) is 0 Å². The molecular formula is C54H101N3O15P2. The van der Waals surface area contributed by atoms with Crippen molar-refractivity contribution in [3.05, 3.63) is 22.7 Å². The first-order valence-electron chi connectivity index (χ1n) is 28.8. The van der Waals surface area contributed by atoms with Crippen LogP contribution in [0.15, 0.2) is 17.1 Å². The fourth-order valence-corrected chi connectivity index (χ4v) is 11.2. The monoisotopic (exact) mass is 1090 g/mol. The molecule has 0 saturated carbocycles. The Morgan fingerprint density at radius 1 is 0.649 bits per heavy atom. The van der Waals surface area contributed by atoms with Gasteiger partial charge in [-0.2, -0.15) is 9.29 Å². The summed E-state index contributed by atoms with van der Waals surface area (Å²) in [5.41, 5.74) is 4.60. The molecule has 432 valence electrons. The molecule has 8 atom stereocenters. The lowest BCUT2D eigenvalue weighted by Gasteiger charge is -2.21. The van der Waals surface area contributed by atoms with Crippen LogP contribution in [-0.2, 0) is 46.3 Å². The number of aromatic nitrogens is 2. The van der Waals surface area contributed by atoms with Crippen molar-refractivity contribution in [2.24, 2.45) is 11.8 Å². The number of nitrogens with zero attached hydrogens (tertiary/aromatic N) is 2. The van der Waals surface area contributed by atoms with Gasteiger partial charge in [-0.25, -0.2) is 13.9 Å². The van der Waals surface area contributed by atoms with Gasteiger partial charge < -0.3 is 39.9 Å². The first-order valence-corrected chi connectivity index (χ1v) is 31.8. The minimum absolute atomic E-state index is 0.0565. The second-order valence-corrected chi connectivity index (χ2v) is 24.3. The smallest absolute Gasteiger partial charge is 0.462 e. The van der Waals surface area contributed by atoms with Gasteiger partial charge in [-0.15, -0.1) is 0 Å². The van der Waals surface area contributed by atoms with Gasteiger partial charge in [0.1, 0.15) is 30.7 Å². The highest BCUT2D eigenvalue weighted by Gasteiger charge is 2.46. The number of unbranched alkanes of at least 4 members (excludes halogenated alkanes) is 27. The van der Waals surface area contributed by atoms with E-state index in [1.54, 1.807) is 0 Å². The average molecular weight is 1090 g/mol. The molecule has 1 aliphatic heterocycles. The van der Waals surface area contributed by atoms with Gasteiger partial charge in [0.05, 0.1) is 13.2 Å². The van der Waals surface area contributed by atoms with E-state index in [9.17, 15) is 43.5 Å². The Labute approximate surface area is 444 Å². The van der Waals surface area contributed by atoms with Gasteiger partial charge in [-0.3, -0.25) is 23.2 Å². The Morgan fingerprint density at radius 3 is 1.54 bits per heavy atom. The number of carbonyl (C=O) groups is 2. The number of anilines is 1. The van der Waals surface area contributed by atoms with E-state index in [0.717, 1.165) is 61.3 Å². The Bertz CT molecular complexity index is 1770. The quantitative estimate of drug-likeness (QED) is 0.0231. The fraction of sp³-hybridized carbons (Fsp3) is 0.889. The normalized spacial score (nSPS) is 19.3. The Kier molecular flexibility index (Phi) is 37.5. The zero-order valence-corrected chi connectivity index (χ0v) is 47.8. The minimum Gasteiger partial charge on any atom is -0.462 e. The van der Waals surface area contributed by atoms with Crippen molar-refractivity contribution < 1.29 is 66.3 Å². The van der Waals surface area contributed by atoms with Crippen molar-refractivity contribution in [3.8, 4) is 0 Å². The molecule has 20 heteroatoms. The predicted molar refractivity (Wildman–Crippen MR) is 289 cm³/mol. The van der Waals surface area contributed by atoms with Gasteiger partial charge in [-0.1, -0.05) is 220 Å². The van der Waals surface area contributed by atoms with E-state index in [1.807, 2.05) is 0 Å². The van der Waals surface area contributed by atoms with Crippen LogP contribution in [0.3, 0.4) is 0 Å². The number of rotatable bonds is 48. The molecule has 2 rings (SSSR count). The maximum atomic E-state index is 12.9. The molecule has 74 heavy (non-hydrogen) atoms. The Morgan fingerprint density at radius 2 is 1.08 bits per heavy atom. The van der Waals surface area contributed by atoms with Crippen LogP contribution in [0, 0.1) is 11.8 Å². The molecular weight excluding hydrogens is 993 g/mol. The summed E-state index contributed by atoms with van der Waals surface area (Å²) in [4.78, 5) is 62.1. The topological polar surface area (TPSA) is 265 Å². The largest absolute Gasteiger partial charge is 0.481 e. The molecule has 0 radical (unpaired) electrons. The summed E-state index contributed by atoms with van der Waals surface area (Å²) in [5.74, 6) is 0.363. The molecule has 4 unspecified atom stereocenters. The van der Waals surface area contributed by atoms with Crippen LogP contribution >= 0.6 is 15.6 Å². The first-order chi connectivity index (χ1) is 35.4. The maximum Gasteiger partial charge on any atom is 0.481 e. The zero-order valence-electron chi connectivity index (χ0n) is 46.0. The number of hydrogen-bond acceptors (Lipinski definition) is 15. The molecule has 0 bridgehead atoms. The van der Waals surface area contributed by atoms with E-state index in [1.165, 1.54) is 160 Å². The lowest BCUT2D eigenvalue weighted by atomic mass is 9.99. The van der Waals surface area contributed by atoms with E-state index in [0.29, 0.717) is 12.8 Å². The van der Waals surface area contributed by atoms with Gasteiger partial charge in [-0.05, 0) is 30.7 Å². The van der Waals surface area contributed by atoms with Crippen LogP contribution < -0.4 is 11.4 Å². The van der Waals surface area contributed by atoms with Crippen LogP contribution in [0.2, 0.25) is 0 Å². The van der Waals surface area contributed by atoms with E-state index >= 15 is 0 Å². The lowest BCUT2D eigenvalue weighted by molar-refractivity contribution is -0.161. The molecule has 1 aromatic heterocycles. The van der Waals surface area contributed by atoms with Crippen molar-refractivity contribution in [2.45, 2.75) is 277 Å².